The smallest absolute Gasteiger partial charge is 0.243 e. The largest absolute Gasteiger partial charge is 0.307 e. The number of thioether (sulfide) groups is 1. The number of carbonyl (C=O) groups is 1. The maximum absolute atomic E-state index is 14.5. The van der Waals surface area contributed by atoms with Crippen LogP contribution in [0.4, 0.5) is 10.1 Å². The SMILES string of the molecule is CC1N=CSC1C(=O)N(Cc1cnc(C#N)c2c(F)cccc12)c1cccc(Cl)c1. The highest BCUT2D eigenvalue weighted by Crippen LogP contribution is 2.31. The third kappa shape index (κ3) is 3.76. The summed E-state index contributed by atoms with van der Waals surface area (Å²) in [7, 11) is 0. The van der Waals surface area contributed by atoms with Gasteiger partial charge in [0.1, 0.15) is 17.1 Å². The molecule has 1 aliphatic rings. The van der Waals surface area contributed by atoms with Crippen molar-refractivity contribution >= 4 is 51.3 Å². The lowest BCUT2D eigenvalue weighted by Gasteiger charge is -2.27. The molecule has 8 heteroatoms. The Hall–Kier alpha value is -2.95. The molecule has 0 saturated carbocycles. The number of pyridine rings is 1. The van der Waals surface area contributed by atoms with Crippen molar-refractivity contribution in [2.75, 3.05) is 4.90 Å². The molecule has 2 atom stereocenters. The van der Waals surface area contributed by atoms with E-state index in [1.807, 2.05) is 13.0 Å². The van der Waals surface area contributed by atoms with Gasteiger partial charge in [-0.05, 0) is 42.1 Å². The van der Waals surface area contributed by atoms with Crippen LogP contribution in [0.3, 0.4) is 0 Å². The van der Waals surface area contributed by atoms with E-state index in [-0.39, 0.29) is 34.8 Å². The number of aromatic nitrogens is 1. The van der Waals surface area contributed by atoms with Gasteiger partial charge in [-0.25, -0.2) is 9.37 Å². The predicted molar refractivity (Wildman–Crippen MR) is 118 cm³/mol. The fraction of sp³-hybridized carbons (Fsp3) is 0.182. The molecule has 1 amide bonds. The van der Waals surface area contributed by atoms with Crippen molar-refractivity contribution in [3.63, 3.8) is 0 Å². The third-order valence-corrected chi connectivity index (χ3v) is 6.32. The van der Waals surface area contributed by atoms with Crippen LogP contribution in [0.1, 0.15) is 18.2 Å². The Bertz CT molecular complexity index is 1210. The minimum absolute atomic E-state index is 0.0147. The molecule has 2 aromatic carbocycles. The van der Waals surface area contributed by atoms with Crippen LogP contribution in [0, 0.1) is 17.1 Å². The highest BCUT2D eigenvalue weighted by molar-refractivity contribution is 8.13. The molecule has 0 bridgehead atoms. The summed E-state index contributed by atoms with van der Waals surface area (Å²) in [5, 5.41) is 10.2. The number of benzene rings is 2. The Morgan fingerprint density at radius 2 is 2.13 bits per heavy atom. The number of amides is 1. The van der Waals surface area contributed by atoms with E-state index < -0.39 is 5.82 Å². The van der Waals surface area contributed by atoms with Gasteiger partial charge in [0.2, 0.25) is 5.91 Å². The third-order valence-electron chi connectivity index (χ3n) is 4.95. The summed E-state index contributed by atoms with van der Waals surface area (Å²) >= 11 is 7.55. The van der Waals surface area contributed by atoms with Crippen LogP contribution in [-0.4, -0.2) is 27.7 Å². The number of fused-ring (bicyclic) bond motifs is 1. The van der Waals surface area contributed by atoms with Gasteiger partial charge in [-0.2, -0.15) is 5.26 Å². The number of halogens is 2. The molecule has 0 aliphatic carbocycles. The second-order valence-corrected chi connectivity index (χ2v) is 8.29. The van der Waals surface area contributed by atoms with E-state index in [0.717, 1.165) is 0 Å². The van der Waals surface area contributed by atoms with Gasteiger partial charge >= 0.3 is 0 Å². The zero-order chi connectivity index (χ0) is 21.3. The van der Waals surface area contributed by atoms with E-state index in [4.69, 9.17) is 11.6 Å². The first-order valence-electron chi connectivity index (χ1n) is 9.20. The van der Waals surface area contributed by atoms with Gasteiger partial charge in [0.25, 0.3) is 0 Å². The molecule has 0 spiro atoms. The van der Waals surface area contributed by atoms with Crippen LogP contribution < -0.4 is 4.90 Å². The van der Waals surface area contributed by atoms with Gasteiger partial charge in [-0.3, -0.25) is 9.79 Å². The van der Waals surface area contributed by atoms with Gasteiger partial charge in [0.05, 0.1) is 23.5 Å². The Balaban J connectivity index is 1.81. The molecule has 3 aromatic rings. The van der Waals surface area contributed by atoms with Crippen molar-refractivity contribution in [2.24, 2.45) is 4.99 Å². The van der Waals surface area contributed by atoms with Crippen molar-refractivity contribution in [1.29, 1.82) is 5.26 Å². The van der Waals surface area contributed by atoms with Gasteiger partial charge in [-0.15, -0.1) is 0 Å². The maximum Gasteiger partial charge on any atom is 0.243 e. The molecular weight excluding hydrogens is 423 g/mol. The first kappa shape index (κ1) is 20.3. The molecule has 150 valence electrons. The summed E-state index contributed by atoms with van der Waals surface area (Å²) in [6, 6.07) is 13.4. The topological polar surface area (TPSA) is 69.3 Å². The second-order valence-electron chi connectivity index (χ2n) is 6.86. The highest BCUT2D eigenvalue weighted by atomic mass is 35.5. The number of nitrogens with zero attached hydrogens (tertiary/aromatic N) is 4. The van der Waals surface area contributed by atoms with Gasteiger partial charge in [0, 0.05) is 16.9 Å². The summed E-state index contributed by atoms with van der Waals surface area (Å²) in [6.45, 7) is 2.05. The molecule has 30 heavy (non-hydrogen) atoms. The molecule has 0 saturated heterocycles. The minimum atomic E-state index is -0.521. The maximum atomic E-state index is 14.5. The Morgan fingerprint density at radius 1 is 1.33 bits per heavy atom. The zero-order valence-corrected chi connectivity index (χ0v) is 17.5. The Morgan fingerprint density at radius 3 is 2.83 bits per heavy atom. The fourth-order valence-electron chi connectivity index (χ4n) is 3.44. The number of rotatable bonds is 4. The predicted octanol–water partition coefficient (Wildman–Crippen LogP) is 4.96. The van der Waals surface area contributed by atoms with Crippen LogP contribution in [0.5, 0.6) is 0 Å². The number of nitriles is 1. The molecular formula is C22H16ClFN4OS. The van der Waals surface area contributed by atoms with E-state index in [9.17, 15) is 14.4 Å². The van der Waals surface area contributed by atoms with Gasteiger partial charge in [0.15, 0.2) is 5.69 Å². The van der Waals surface area contributed by atoms with Crippen molar-refractivity contribution in [3.05, 3.63) is 70.8 Å². The summed E-state index contributed by atoms with van der Waals surface area (Å²) < 4.78 is 14.5. The lowest BCUT2D eigenvalue weighted by atomic mass is 10.0. The number of hydrogen-bond donors (Lipinski definition) is 0. The second kappa shape index (κ2) is 8.42. The average Bonchev–Trinajstić information content (AvgIpc) is 3.17. The van der Waals surface area contributed by atoms with Crippen LogP contribution in [0.2, 0.25) is 5.02 Å². The van der Waals surface area contributed by atoms with E-state index in [1.54, 1.807) is 46.8 Å². The van der Waals surface area contributed by atoms with Gasteiger partial charge < -0.3 is 4.90 Å². The van der Waals surface area contributed by atoms with Crippen molar-refractivity contribution in [2.45, 2.75) is 24.8 Å². The van der Waals surface area contributed by atoms with Crippen LogP contribution in [0.15, 0.2) is 53.7 Å². The van der Waals surface area contributed by atoms with Crippen LogP contribution in [-0.2, 0) is 11.3 Å². The quantitative estimate of drug-likeness (QED) is 0.577. The van der Waals surface area contributed by atoms with E-state index in [2.05, 4.69) is 9.98 Å². The Kier molecular flexibility index (Phi) is 5.71. The lowest BCUT2D eigenvalue weighted by molar-refractivity contribution is -0.118. The standard InChI is InChI=1S/C22H16ClFN4OS/c1-13-21(30-12-27-13)22(29)28(16-5-2-4-15(23)8-16)11-14-10-26-19(9-25)20-17(14)6-3-7-18(20)24/h2-8,10,12-13,21H,11H2,1H3. The summed E-state index contributed by atoms with van der Waals surface area (Å²) in [5.74, 6) is -0.645. The van der Waals surface area contributed by atoms with Gasteiger partial charge in [-0.1, -0.05) is 41.6 Å². The van der Waals surface area contributed by atoms with E-state index in [1.165, 1.54) is 24.0 Å². The number of carbonyl (C=O) groups excluding carboxylic acids is 1. The van der Waals surface area contributed by atoms with Crippen molar-refractivity contribution < 1.29 is 9.18 Å². The number of hydrogen-bond acceptors (Lipinski definition) is 5. The molecule has 2 unspecified atom stereocenters. The molecule has 0 fully saturated rings. The fourth-order valence-corrected chi connectivity index (χ4v) is 4.56. The monoisotopic (exact) mass is 438 g/mol. The Labute approximate surface area is 182 Å². The van der Waals surface area contributed by atoms with Crippen molar-refractivity contribution in [1.82, 2.24) is 4.98 Å². The van der Waals surface area contributed by atoms with Crippen molar-refractivity contribution in [3.8, 4) is 6.07 Å². The first-order chi connectivity index (χ1) is 14.5. The molecule has 4 rings (SSSR count). The van der Waals surface area contributed by atoms with E-state index >= 15 is 0 Å². The van der Waals surface area contributed by atoms with E-state index in [0.29, 0.717) is 21.7 Å². The lowest BCUT2D eigenvalue weighted by Crippen LogP contribution is -2.40. The normalized spacial score (nSPS) is 17.8. The summed E-state index contributed by atoms with van der Waals surface area (Å²) in [5.41, 5.74) is 2.97. The number of aliphatic imine (C=N–C) groups is 1. The molecule has 1 aliphatic heterocycles. The molecule has 0 radical (unpaired) electrons. The molecule has 1 aromatic heterocycles. The van der Waals surface area contributed by atoms with Crippen LogP contribution >= 0.6 is 23.4 Å². The zero-order valence-electron chi connectivity index (χ0n) is 15.9. The first-order valence-corrected chi connectivity index (χ1v) is 10.5. The van der Waals surface area contributed by atoms with Crippen LogP contribution in [0.25, 0.3) is 10.8 Å². The summed E-state index contributed by atoms with van der Waals surface area (Å²) in [4.78, 5) is 23.5. The molecule has 0 N–H and O–H groups in total. The summed E-state index contributed by atoms with van der Waals surface area (Å²) in [6.07, 6.45) is 1.52. The number of anilines is 1. The molecule has 2 heterocycles. The minimum Gasteiger partial charge on any atom is -0.307 e. The average molecular weight is 439 g/mol. The molecule has 5 nitrogen and oxygen atoms in total. The highest BCUT2D eigenvalue weighted by Gasteiger charge is 2.33.